The lowest BCUT2D eigenvalue weighted by Gasteiger charge is -2.08. The van der Waals surface area contributed by atoms with Crippen LogP contribution in [0, 0.1) is 17.0 Å². The van der Waals surface area contributed by atoms with Gasteiger partial charge in [-0.3, -0.25) is 19.9 Å². The number of nitrogens with zero attached hydrogens (tertiary/aromatic N) is 2. The largest absolute Gasteiger partial charge is 0.462 e. The Morgan fingerprint density at radius 2 is 1.85 bits per heavy atom. The first kappa shape index (κ1) is 23.5. The quantitative estimate of drug-likeness (QED) is 0.297. The van der Waals surface area contributed by atoms with Gasteiger partial charge in [0.25, 0.3) is 11.6 Å². The maximum absolute atomic E-state index is 12.4. The minimum atomic E-state index is -0.931. The fourth-order valence-electron chi connectivity index (χ4n) is 2.80. The van der Waals surface area contributed by atoms with Gasteiger partial charge in [-0.25, -0.2) is 9.59 Å². The van der Waals surface area contributed by atoms with Crippen molar-refractivity contribution in [2.75, 3.05) is 18.5 Å². The molecule has 0 unspecified atom stereocenters. The first-order valence-corrected chi connectivity index (χ1v) is 10.6. The minimum Gasteiger partial charge on any atom is -0.462 e. The van der Waals surface area contributed by atoms with E-state index >= 15 is 0 Å². The minimum absolute atomic E-state index is 0.119. The molecule has 0 bridgehead atoms. The summed E-state index contributed by atoms with van der Waals surface area (Å²) in [6, 6.07) is 12.0. The maximum Gasteiger partial charge on any atom is 0.350 e. The number of hydrogen-bond acceptors (Lipinski definition) is 9. The van der Waals surface area contributed by atoms with E-state index in [-0.39, 0.29) is 34.1 Å². The molecule has 3 rings (SSSR count). The smallest absolute Gasteiger partial charge is 0.350 e. The third-order valence-electron chi connectivity index (χ3n) is 4.36. The molecule has 170 valence electrons. The molecular weight excluding hydrogens is 450 g/mol. The van der Waals surface area contributed by atoms with Crippen molar-refractivity contribution >= 4 is 40.6 Å². The number of nitro groups is 1. The first-order valence-electron chi connectivity index (χ1n) is 9.74. The van der Waals surface area contributed by atoms with Crippen LogP contribution in [0.5, 0.6) is 0 Å². The second-order valence-electron chi connectivity index (χ2n) is 6.65. The summed E-state index contributed by atoms with van der Waals surface area (Å²) in [5.74, 6) is -2.21. The molecule has 0 saturated heterocycles. The molecule has 11 heteroatoms. The van der Waals surface area contributed by atoms with E-state index in [2.05, 4.69) is 10.3 Å². The monoisotopic (exact) mass is 469 g/mol. The van der Waals surface area contributed by atoms with E-state index in [1.807, 2.05) is 30.3 Å². The van der Waals surface area contributed by atoms with Crippen LogP contribution in [0.4, 0.5) is 11.4 Å². The molecular formula is C22H19N3O7S. The Morgan fingerprint density at radius 3 is 2.52 bits per heavy atom. The summed E-state index contributed by atoms with van der Waals surface area (Å²) in [6.45, 7) is 2.66. The molecule has 0 aliphatic rings. The van der Waals surface area contributed by atoms with Gasteiger partial charge < -0.3 is 14.8 Å². The fourth-order valence-corrected chi connectivity index (χ4v) is 3.81. The van der Waals surface area contributed by atoms with E-state index in [1.165, 1.54) is 6.92 Å². The van der Waals surface area contributed by atoms with Gasteiger partial charge in [0.05, 0.1) is 28.5 Å². The van der Waals surface area contributed by atoms with Gasteiger partial charge >= 0.3 is 11.9 Å². The number of ether oxygens (including phenoxy) is 2. The molecule has 2 heterocycles. The molecule has 0 fully saturated rings. The van der Waals surface area contributed by atoms with Crippen molar-refractivity contribution in [1.82, 2.24) is 4.98 Å². The molecule has 0 atom stereocenters. The number of nitrogens with one attached hydrogen (secondary N) is 1. The van der Waals surface area contributed by atoms with Crippen LogP contribution in [0.3, 0.4) is 0 Å². The number of hydrogen-bond donors (Lipinski definition) is 1. The molecule has 3 aromatic rings. The highest BCUT2D eigenvalue weighted by molar-refractivity contribution is 7.18. The molecule has 0 spiro atoms. The van der Waals surface area contributed by atoms with Crippen LogP contribution < -0.4 is 5.32 Å². The molecule has 0 aliphatic heterocycles. The van der Waals surface area contributed by atoms with Crippen LogP contribution in [0.15, 0.2) is 48.7 Å². The number of thiophene rings is 1. The van der Waals surface area contributed by atoms with E-state index in [1.54, 1.807) is 13.0 Å². The summed E-state index contributed by atoms with van der Waals surface area (Å²) in [5, 5.41) is 13.5. The van der Waals surface area contributed by atoms with Crippen molar-refractivity contribution in [1.29, 1.82) is 0 Å². The second-order valence-corrected chi connectivity index (χ2v) is 7.70. The molecule has 1 N–H and O–H groups in total. The molecule has 33 heavy (non-hydrogen) atoms. The summed E-state index contributed by atoms with van der Waals surface area (Å²) in [6.07, 6.45) is 1.02. The van der Waals surface area contributed by atoms with Gasteiger partial charge in [0.2, 0.25) is 0 Å². The van der Waals surface area contributed by atoms with Crippen LogP contribution in [-0.2, 0) is 14.3 Å². The number of aromatic nitrogens is 1. The van der Waals surface area contributed by atoms with Gasteiger partial charge in [-0.15, -0.1) is 11.3 Å². The zero-order valence-electron chi connectivity index (χ0n) is 17.7. The Kier molecular flexibility index (Phi) is 7.46. The third-order valence-corrected chi connectivity index (χ3v) is 5.53. The SMILES string of the molecule is CCOC(=O)c1sc(-c2ccccc2)cc1NC(=O)COC(=O)c1cc([N+](=O)[O-])cnc1C. The Hall–Kier alpha value is -4.12. The van der Waals surface area contributed by atoms with Crippen LogP contribution in [0.25, 0.3) is 10.4 Å². The van der Waals surface area contributed by atoms with E-state index in [0.29, 0.717) is 0 Å². The number of pyridine rings is 1. The zero-order chi connectivity index (χ0) is 24.0. The molecule has 10 nitrogen and oxygen atoms in total. The Bertz CT molecular complexity index is 1210. The summed E-state index contributed by atoms with van der Waals surface area (Å²) in [4.78, 5) is 52.1. The number of amides is 1. The standard InChI is InChI=1S/C22H19N3O7S/c1-3-31-22(28)20-17(10-18(33-20)14-7-5-4-6-8-14)24-19(26)12-32-21(27)16-9-15(25(29)30)11-23-13(16)2/h4-11H,3,12H2,1-2H3,(H,24,26). The predicted molar refractivity (Wildman–Crippen MR) is 120 cm³/mol. The fraction of sp³-hybridized carbons (Fsp3) is 0.182. The number of carbonyl (C=O) groups excluding carboxylic acids is 3. The van der Waals surface area contributed by atoms with Crippen molar-refractivity contribution in [3.05, 3.63) is 74.9 Å². The number of esters is 2. The van der Waals surface area contributed by atoms with E-state index in [9.17, 15) is 24.5 Å². The lowest BCUT2D eigenvalue weighted by Crippen LogP contribution is -2.22. The number of anilines is 1. The van der Waals surface area contributed by atoms with Gasteiger partial charge in [-0.1, -0.05) is 30.3 Å². The van der Waals surface area contributed by atoms with E-state index in [0.717, 1.165) is 34.0 Å². The molecule has 2 aromatic heterocycles. The van der Waals surface area contributed by atoms with Gasteiger partial charge in [0.1, 0.15) is 11.1 Å². The Balaban J connectivity index is 1.74. The van der Waals surface area contributed by atoms with Gasteiger partial charge in [0, 0.05) is 10.9 Å². The summed E-state index contributed by atoms with van der Waals surface area (Å²) >= 11 is 1.16. The van der Waals surface area contributed by atoms with Crippen molar-refractivity contribution in [2.45, 2.75) is 13.8 Å². The van der Waals surface area contributed by atoms with Crippen molar-refractivity contribution in [3.63, 3.8) is 0 Å². The average molecular weight is 469 g/mol. The first-order chi connectivity index (χ1) is 15.8. The van der Waals surface area contributed by atoms with Crippen LogP contribution in [-0.4, -0.2) is 41.0 Å². The maximum atomic E-state index is 12.4. The highest BCUT2D eigenvalue weighted by Crippen LogP contribution is 2.35. The van der Waals surface area contributed by atoms with Crippen molar-refractivity contribution in [2.24, 2.45) is 0 Å². The second kappa shape index (κ2) is 10.5. The van der Waals surface area contributed by atoms with E-state index < -0.39 is 29.4 Å². The van der Waals surface area contributed by atoms with Crippen LogP contribution >= 0.6 is 11.3 Å². The summed E-state index contributed by atoms with van der Waals surface area (Å²) in [5.41, 5.74) is 0.815. The molecule has 1 aromatic carbocycles. The molecule has 0 radical (unpaired) electrons. The molecule has 0 saturated carbocycles. The number of benzene rings is 1. The number of rotatable bonds is 8. The average Bonchev–Trinajstić information content (AvgIpc) is 3.22. The van der Waals surface area contributed by atoms with Crippen molar-refractivity contribution < 1.29 is 28.8 Å². The summed E-state index contributed by atoms with van der Waals surface area (Å²) < 4.78 is 10.1. The predicted octanol–water partition coefficient (Wildman–Crippen LogP) is 4.00. The van der Waals surface area contributed by atoms with Gasteiger partial charge in [-0.2, -0.15) is 0 Å². The lowest BCUT2D eigenvalue weighted by atomic mass is 10.2. The van der Waals surface area contributed by atoms with Crippen LogP contribution in [0.2, 0.25) is 0 Å². The topological polar surface area (TPSA) is 138 Å². The zero-order valence-corrected chi connectivity index (χ0v) is 18.5. The number of aryl methyl sites for hydroxylation is 1. The number of carbonyl (C=O) groups is 3. The normalized spacial score (nSPS) is 10.4. The van der Waals surface area contributed by atoms with Gasteiger partial charge in [-0.05, 0) is 25.5 Å². The van der Waals surface area contributed by atoms with Gasteiger partial charge in [0.15, 0.2) is 6.61 Å². The van der Waals surface area contributed by atoms with Crippen molar-refractivity contribution in [3.8, 4) is 10.4 Å². The highest BCUT2D eigenvalue weighted by atomic mass is 32.1. The highest BCUT2D eigenvalue weighted by Gasteiger charge is 2.22. The molecule has 1 amide bonds. The Morgan fingerprint density at radius 1 is 1.12 bits per heavy atom. The molecule has 0 aliphatic carbocycles. The Labute approximate surface area is 192 Å². The lowest BCUT2D eigenvalue weighted by molar-refractivity contribution is -0.385. The third kappa shape index (κ3) is 5.77. The summed E-state index contributed by atoms with van der Waals surface area (Å²) in [7, 11) is 0. The van der Waals surface area contributed by atoms with E-state index in [4.69, 9.17) is 9.47 Å². The van der Waals surface area contributed by atoms with Crippen LogP contribution in [0.1, 0.15) is 32.6 Å².